The molecule has 1 spiro atoms. The lowest BCUT2D eigenvalue weighted by molar-refractivity contribution is -0.122. The lowest BCUT2D eigenvalue weighted by Crippen LogP contribution is -2.71. The van der Waals surface area contributed by atoms with E-state index in [1.165, 1.54) is 29.2 Å². The van der Waals surface area contributed by atoms with Crippen molar-refractivity contribution in [2.45, 2.75) is 12.0 Å². The van der Waals surface area contributed by atoms with Gasteiger partial charge in [0.15, 0.2) is 0 Å². The maximum atomic E-state index is 12.4. The molecule has 2 N–H and O–H groups in total. The van der Waals surface area contributed by atoms with E-state index < -0.39 is 27.8 Å². The Morgan fingerprint density at radius 1 is 1.32 bits per heavy atom. The summed E-state index contributed by atoms with van der Waals surface area (Å²) in [6, 6.07) is 1.77. The first kappa shape index (κ1) is 21.5. The van der Waals surface area contributed by atoms with Crippen LogP contribution in [0.25, 0.3) is 17.5 Å². The fraction of sp³-hybridized carbons (Fsp3) is 0.444. The lowest BCUT2D eigenvalue weighted by atomic mass is 9.94. The number of halogens is 2. The summed E-state index contributed by atoms with van der Waals surface area (Å²) >= 11 is 0. The highest BCUT2D eigenvalue weighted by Crippen LogP contribution is 2.32. The van der Waals surface area contributed by atoms with Crippen molar-refractivity contribution < 1.29 is 21.9 Å². The first-order valence-corrected chi connectivity index (χ1v) is 11.3. The number of aromatic nitrogens is 4. The van der Waals surface area contributed by atoms with Crippen molar-refractivity contribution in [2.75, 3.05) is 43.9 Å². The zero-order valence-electron chi connectivity index (χ0n) is 16.6. The predicted molar refractivity (Wildman–Crippen MR) is 110 cm³/mol. The molecule has 2 aliphatic rings. The molecule has 31 heavy (non-hydrogen) atoms. The number of ether oxygens (including phenoxy) is 1. The summed E-state index contributed by atoms with van der Waals surface area (Å²) in [6.07, 6.45) is 3.57. The normalized spacial score (nSPS) is 19.3. The minimum Gasteiger partial charge on any atom is -0.369 e. The number of nitrogens with one attached hydrogen (secondary N) is 2. The van der Waals surface area contributed by atoms with Crippen LogP contribution in [0, 0.1) is 5.41 Å². The largest absolute Gasteiger partial charge is 0.369 e. The molecule has 2 saturated heterocycles. The van der Waals surface area contributed by atoms with Crippen LogP contribution >= 0.6 is 0 Å². The number of sulfonamides is 1. The van der Waals surface area contributed by atoms with Crippen molar-refractivity contribution in [1.29, 1.82) is 5.41 Å². The Bertz CT molecular complexity index is 1110. The molecule has 4 rings (SSSR count). The van der Waals surface area contributed by atoms with Crippen LogP contribution in [0.2, 0.25) is 0 Å². The van der Waals surface area contributed by atoms with E-state index in [9.17, 15) is 17.2 Å². The summed E-state index contributed by atoms with van der Waals surface area (Å²) in [4.78, 5) is 17.7. The monoisotopic (exact) mass is 453 g/mol. The second kappa shape index (κ2) is 8.05. The highest BCUT2D eigenvalue weighted by molar-refractivity contribution is 7.88. The second-order valence-electron chi connectivity index (χ2n) is 7.52. The SMILES string of the molecule is CS(=O)(=O)N1CC2(CN(c3cc(-c4cnc(/C=C\C(=N)C(F)F)[nH]4)ncn3)CCO2)C1. The summed E-state index contributed by atoms with van der Waals surface area (Å²) in [6.45, 7) is 2.17. The van der Waals surface area contributed by atoms with Crippen LogP contribution < -0.4 is 4.90 Å². The zero-order valence-corrected chi connectivity index (χ0v) is 17.4. The number of morpholine rings is 1. The molecular formula is C18H21F2N7O3S. The zero-order chi connectivity index (χ0) is 22.2. The Hall–Kier alpha value is -2.77. The van der Waals surface area contributed by atoms with E-state index >= 15 is 0 Å². The van der Waals surface area contributed by atoms with Gasteiger partial charge in [-0.2, -0.15) is 4.31 Å². The van der Waals surface area contributed by atoms with Gasteiger partial charge in [0.2, 0.25) is 10.0 Å². The van der Waals surface area contributed by atoms with Gasteiger partial charge in [0.25, 0.3) is 6.43 Å². The molecular weight excluding hydrogens is 432 g/mol. The Morgan fingerprint density at radius 3 is 2.81 bits per heavy atom. The van der Waals surface area contributed by atoms with Gasteiger partial charge in [-0.15, -0.1) is 0 Å². The number of hydrogen-bond donors (Lipinski definition) is 2. The van der Waals surface area contributed by atoms with Crippen LogP contribution in [-0.2, 0) is 14.8 Å². The molecule has 2 aromatic rings. The van der Waals surface area contributed by atoms with Crippen LogP contribution in [-0.4, -0.2) is 89.4 Å². The Morgan fingerprint density at radius 2 is 2.10 bits per heavy atom. The third-order valence-electron chi connectivity index (χ3n) is 5.15. The van der Waals surface area contributed by atoms with Crippen molar-refractivity contribution in [3.8, 4) is 11.4 Å². The van der Waals surface area contributed by atoms with Gasteiger partial charge in [-0.1, -0.05) is 0 Å². The van der Waals surface area contributed by atoms with E-state index in [1.54, 1.807) is 6.07 Å². The van der Waals surface area contributed by atoms with Crippen LogP contribution in [0.5, 0.6) is 0 Å². The predicted octanol–water partition coefficient (Wildman–Crippen LogP) is 1.02. The molecule has 0 radical (unpaired) electrons. The maximum Gasteiger partial charge on any atom is 0.279 e. The van der Waals surface area contributed by atoms with Gasteiger partial charge >= 0.3 is 0 Å². The van der Waals surface area contributed by atoms with Gasteiger partial charge in [0.1, 0.15) is 23.6 Å². The molecule has 166 valence electrons. The number of H-pyrrole nitrogens is 1. The van der Waals surface area contributed by atoms with Crippen LogP contribution in [0.1, 0.15) is 5.82 Å². The first-order valence-electron chi connectivity index (χ1n) is 9.41. The number of allylic oxidation sites excluding steroid dienone is 1. The Kier molecular flexibility index (Phi) is 5.58. The maximum absolute atomic E-state index is 12.4. The Balaban J connectivity index is 1.47. The average Bonchev–Trinajstić information content (AvgIpc) is 3.18. The Labute approximate surface area is 177 Å². The van der Waals surface area contributed by atoms with Crippen molar-refractivity contribution in [1.82, 2.24) is 24.2 Å². The molecule has 2 fully saturated rings. The van der Waals surface area contributed by atoms with Gasteiger partial charge in [-0.25, -0.2) is 32.2 Å². The molecule has 0 aromatic carbocycles. The summed E-state index contributed by atoms with van der Waals surface area (Å²) < 4.78 is 55.5. The summed E-state index contributed by atoms with van der Waals surface area (Å²) in [5.41, 5.74) is -0.211. The number of imidazole rings is 1. The van der Waals surface area contributed by atoms with E-state index in [4.69, 9.17) is 10.1 Å². The molecule has 13 heteroatoms. The molecule has 4 heterocycles. The molecule has 0 aliphatic carbocycles. The smallest absolute Gasteiger partial charge is 0.279 e. The topological polar surface area (TPSA) is 128 Å². The minimum atomic E-state index is -3.24. The van der Waals surface area contributed by atoms with Gasteiger partial charge < -0.3 is 14.6 Å². The number of anilines is 1. The molecule has 0 saturated carbocycles. The summed E-state index contributed by atoms with van der Waals surface area (Å²) in [7, 11) is -3.24. The molecule has 0 amide bonds. The van der Waals surface area contributed by atoms with E-state index in [0.29, 0.717) is 55.8 Å². The third kappa shape index (κ3) is 4.62. The lowest BCUT2D eigenvalue weighted by Gasteiger charge is -2.52. The quantitative estimate of drug-likeness (QED) is 0.625. The standard InChI is InChI=1S/C18H21F2N7O3S/c1-31(28,29)27-9-18(10-27)8-26(4-5-30-18)16-6-13(23-11-24-16)14-7-22-15(25-14)3-2-12(21)17(19)20/h2-3,6-7,11,17,21H,4-5,8-10H2,1H3,(H,22,25)/b3-2-,21-12?. The third-order valence-corrected chi connectivity index (χ3v) is 6.35. The first-order chi connectivity index (χ1) is 14.7. The van der Waals surface area contributed by atoms with Crippen LogP contribution in [0.15, 0.2) is 24.7 Å². The van der Waals surface area contributed by atoms with Crippen molar-refractivity contribution in [3.05, 3.63) is 30.5 Å². The average molecular weight is 453 g/mol. The highest BCUT2D eigenvalue weighted by atomic mass is 32.2. The second-order valence-corrected chi connectivity index (χ2v) is 9.50. The number of aromatic amines is 1. The fourth-order valence-electron chi connectivity index (χ4n) is 3.52. The van der Waals surface area contributed by atoms with Crippen LogP contribution in [0.4, 0.5) is 14.6 Å². The van der Waals surface area contributed by atoms with E-state index in [-0.39, 0.29) is 0 Å². The van der Waals surface area contributed by atoms with Gasteiger partial charge in [0, 0.05) is 25.7 Å². The fourth-order valence-corrected chi connectivity index (χ4v) is 4.46. The minimum absolute atomic E-state index is 0.310. The highest BCUT2D eigenvalue weighted by Gasteiger charge is 2.50. The summed E-state index contributed by atoms with van der Waals surface area (Å²) in [5, 5.41) is 7.15. The molecule has 10 nitrogen and oxygen atoms in total. The van der Waals surface area contributed by atoms with E-state index in [0.717, 1.165) is 6.08 Å². The van der Waals surface area contributed by atoms with Crippen molar-refractivity contribution in [3.63, 3.8) is 0 Å². The number of nitrogens with zero attached hydrogens (tertiary/aromatic N) is 5. The van der Waals surface area contributed by atoms with E-state index in [1.807, 2.05) is 4.90 Å². The van der Waals surface area contributed by atoms with Gasteiger partial charge in [-0.05, 0) is 12.2 Å². The molecule has 0 unspecified atom stereocenters. The van der Waals surface area contributed by atoms with Gasteiger partial charge in [0.05, 0.1) is 42.7 Å². The van der Waals surface area contributed by atoms with Crippen molar-refractivity contribution >= 4 is 27.6 Å². The molecule has 2 aromatic heterocycles. The van der Waals surface area contributed by atoms with Crippen molar-refractivity contribution in [2.24, 2.45) is 0 Å². The van der Waals surface area contributed by atoms with E-state index in [2.05, 4.69) is 19.9 Å². The molecule has 0 bridgehead atoms. The van der Waals surface area contributed by atoms with Gasteiger partial charge in [-0.3, -0.25) is 5.41 Å². The number of hydrogen-bond acceptors (Lipinski definition) is 8. The van der Waals surface area contributed by atoms with Crippen LogP contribution in [0.3, 0.4) is 0 Å². The molecule has 2 aliphatic heterocycles. The number of rotatable bonds is 6. The number of alkyl halides is 2. The summed E-state index contributed by atoms with van der Waals surface area (Å²) in [5.74, 6) is 0.984. The molecule has 0 atom stereocenters.